The van der Waals surface area contributed by atoms with Gasteiger partial charge in [-0.1, -0.05) is 58.4 Å². The topological polar surface area (TPSA) is 79.3 Å². The van der Waals surface area contributed by atoms with Gasteiger partial charge in [-0.3, -0.25) is 9.59 Å². The van der Waals surface area contributed by atoms with Crippen LogP contribution in [0.15, 0.2) is 34.8 Å². The Hall–Kier alpha value is -2.05. The molecule has 1 aromatic rings. The van der Waals surface area contributed by atoms with Crippen molar-refractivity contribution in [1.82, 2.24) is 10.3 Å². The van der Waals surface area contributed by atoms with Gasteiger partial charge in [0.05, 0.1) is 34.7 Å². The number of aromatic nitrogens is 1. The molecule has 0 saturated carbocycles. The fourth-order valence-electron chi connectivity index (χ4n) is 4.36. The van der Waals surface area contributed by atoms with Crippen LogP contribution in [-0.4, -0.2) is 33.9 Å². The summed E-state index contributed by atoms with van der Waals surface area (Å²) in [7, 11) is 0. The van der Waals surface area contributed by atoms with Crippen molar-refractivity contribution in [2.75, 3.05) is 0 Å². The van der Waals surface area contributed by atoms with E-state index in [1.165, 1.54) is 0 Å². The van der Waals surface area contributed by atoms with Crippen molar-refractivity contribution >= 4 is 29.1 Å². The van der Waals surface area contributed by atoms with Crippen molar-refractivity contribution in [3.8, 4) is 0 Å². The highest BCUT2D eigenvalue weighted by Crippen LogP contribution is 2.34. The third-order valence-electron chi connectivity index (χ3n) is 7.41. The predicted octanol–water partition coefficient (Wildman–Crippen LogP) is 5.89. The van der Waals surface area contributed by atoms with Crippen molar-refractivity contribution in [3.05, 3.63) is 45.5 Å². The summed E-state index contributed by atoms with van der Waals surface area (Å²) in [6, 6.07) is -0.227. The van der Waals surface area contributed by atoms with Gasteiger partial charge in [-0.15, -0.1) is 11.3 Å². The Kier molecular flexibility index (Phi) is 10.0. The Bertz CT molecular complexity index is 957. The van der Waals surface area contributed by atoms with Crippen LogP contribution in [0.3, 0.4) is 0 Å². The summed E-state index contributed by atoms with van der Waals surface area (Å²) < 4.78 is 0. The van der Waals surface area contributed by atoms with Crippen LogP contribution in [0.2, 0.25) is 0 Å². The average molecular weight is 487 g/mol. The summed E-state index contributed by atoms with van der Waals surface area (Å²) in [4.78, 5) is 30.8. The first-order chi connectivity index (χ1) is 15.8. The lowest BCUT2D eigenvalue weighted by Crippen LogP contribution is -2.46. The number of amides is 1. The number of Topliss-reactive ketones (excluding diaryl/α,β-unsaturated/α-hetero) is 1. The first-order valence-corrected chi connectivity index (χ1v) is 13.2. The molecule has 2 heterocycles. The number of carbonyl (C=O) groups excluding carboxylic acids is 2. The van der Waals surface area contributed by atoms with Crippen LogP contribution in [0, 0.1) is 30.1 Å². The summed E-state index contributed by atoms with van der Waals surface area (Å²) in [5.74, 6) is 0.0297. The molecule has 0 saturated heterocycles. The normalized spacial score (nSPS) is 32.6. The molecule has 1 aliphatic rings. The number of carbonyl (C=O) groups is 2. The molecule has 0 aromatic carbocycles. The van der Waals surface area contributed by atoms with Crippen LogP contribution in [0.1, 0.15) is 78.4 Å². The van der Waals surface area contributed by atoms with Crippen molar-refractivity contribution < 1.29 is 14.7 Å². The van der Waals surface area contributed by atoms with Crippen LogP contribution in [0.5, 0.6) is 0 Å². The Labute approximate surface area is 209 Å². The maximum atomic E-state index is 13.3. The number of aryl methyl sites for hydroxylation is 1. The monoisotopic (exact) mass is 486 g/mol. The molecule has 1 aliphatic heterocycles. The molecular formula is C28H42N2O3S. The molecule has 0 aliphatic carbocycles. The number of rotatable bonds is 2. The van der Waals surface area contributed by atoms with Gasteiger partial charge in [0.25, 0.3) is 0 Å². The molecule has 0 bridgehead atoms. The van der Waals surface area contributed by atoms with Gasteiger partial charge in [-0.2, -0.15) is 0 Å². The van der Waals surface area contributed by atoms with E-state index in [1.807, 2.05) is 32.2 Å². The maximum Gasteiger partial charge on any atom is 0.223 e. The number of nitrogens with one attached hydrogen (secondary N) is 1. The van der Waals surface area contributed by atoms with Crippen molar-refractivity contribution in [2.45, 2.75) is 86.8 Å². The molecule has 2 N–H and O–H groups in total. The van der Waals surface area contributed by atoms with E-state index < -0.39 is 11.5 Å². The second-order valence-corrected chi connectivity index (χ2v) is 11.6. The van der Waals surface area contributed by atoms with E-state index in [4.69, 9.17) is 0 Å². The molecule has 188 valence electrons. The predicted molar refractivity (Wildman–Crippen MR) is 141 cm³/mol. The molecule has 5 atom stereocenters. The van der Waals surface area contributed by atoms with E-state index in [9.17, 15) is 14.7 Å². The second-order valence-electron chi connectivity index (χ2n) is 10.6. The summed E-state index contributed by atoms with van der Waals surface area (Å²) >= 11 is 1.59. The van der Waals surface area contributed by atoms with Gasteiger partial charge < -0.3 is 10.4 Å². The van der Waals surface area contributed by atoms with Gasteiger partial charge in [0.1, 0.15) is 5.78 Å². The van der Waals surface area contributed by atoms with Crippen LogP contribution in [0.4, 0.5) is 0 Å². The molecule has 34 heavy (non-hydrogen) atoms. The smallest absolute Gasteiger partial charge is 0.223 e. The SMILES string of the molecule is CC1=C/C[C@@H](/C(C)=C/c2csc(C)n2)NC(=O)C[C@H](O)C(C)(C)C(=O)[C@H](C)[C@@H](C)[C@@H](C)C\C=C\1. The number of nitrogens with zero attached hydrogens (tertiary/aromatic N) is 1. The van der Waals surface area contributed by atoms with Gasteiger partial charge in [0.15, 0.2) is 0 Å². The third kappa shape index (κ3) is 7.47. The highest BCUT2D eigenvalue weighted by Gasteiger charge is 2.41. The third-order valence-corrected chi connectivity index (χ3v) is 8.20. The molecule has 2 rings (SSSR count). The molecule has 0 radical (unpaired) electrons. The first kappa shape index (κ1) is 28.2. The highest BCUT2D eigenvalue weighted by molar-refractivity contribution is 7.09. The minimum atomic E-state index is -1.05. The largest absolute Gasteiger partial charge is 0.392 e. The lowest BCUT2D eigenvalue weighted by Gasteiger charge is -2.35. The molecule has 1 amide bonds. The number of aliphatic hydroxyl groups excluding tert-OH is 1. The number of ketones is 1. The molecular weight excluding hydrogens is 444 g/mol. The second kappa shape index (κ2) is 12.1. The van der Waals surface area contributed by atoms with Gasteiger partial charge in [-0.05, 0) is 57.1 Å². The van der Waals surface area contributed by atoms with Crippen LogP contribution in [-0.2, 0) is 9.59 Å². The standard InChI is InChI=1S/C28H42N2O3S/c1-17-10-9-11-18(2)20(4)21(5)27(33)28(7,8)25(31)15-26(32)30-24(13-12-17)19(3)14-23-16-34-22(6)29-23/h9-10,12,14,16,18,20-21,24-25,31H,11,13,15H2,1-8H3,(H,30,32)/b10-9+,17-12-,19-14+/t18-,20-,21+,24-,25-/m0/s1. The zero-order valence-electron chi connectivity index (χ0n) is 22.0. The Morgan fingerprint density at radius 3 is 2.50 bits per heavy atom. The molecule has 0 fully saturated rings. The Morgan fingerprint density at radius 1 is 1.21 bits per heavy atom. The van der Waals surface area contributed by atoms with Gasteiger partial charge >= 0.3 is 0 Å². The van der Waals surface area contributed by atoms with E-state index in [0.717, 1.165) is 28.3 Å². The minimum absolute atomic E-state index is 0.00540. The summed E-state index contributed by atoms with van der Waals surface area (Å²) in [5.41, 5.74) is 2.00. The van der Waals surface area contributed by atoms with E-state index in [0.29, 0.717) is 12.3 Å². The van der Waals surface area contributed by atoms with Crippen LogP contribution in [0.25, 0.3) is 6.08 Å². The van der Waals surface area contributed by atoms with E-state index >= 15 is 0 Å². The zero-order valence-corrected chi connectivity index (χ0v) is 22.8. The number of aliphatic hydroxyl groups is 1. The molecule has 0 unspecified atom stereocenters. The minimum Gasteiger partial charge on any atom is -0.392 e. The quantitative estimate of drug-likeness (QED) is 0.546. The van der Waals surface area contributed by atoms with E-state index in [2.05, 4.69) is 49.3 Å². The highest BCUT2D eigenvalue weighted by atomic mass is 32.1. The number of allylic oxidation sites excluding steroid dienone is 3. The van der Waals surface area contributed by atoms with Gasteiger partial charge in [0, 0.05) is 11.3 Å². The maximum absolute atomic E-state index is 13.3. The first-order valence-electron chi connectivity index (χ1n) is 12.3. The Balaban J connectivity index is 2.38. The zero-order chi connectivity index (χ0) is 25.6. The van der Waals surface area contributed by atoms with E-state index in [-0.39, 0.29) is 36.0 Å². The average Bonchev–Trinajstić information content (AvgIpc) is 3.18. The van der Waals surface area contributed by atoms with Crippen molar-refractivity contribution in [1.29, 1.82) is 0 Å². The molecule has 0 spiro atoms. The van der Waals surface area contributed by atoms with E-state index in [1.54, 1.807) is 25.2 Å². The number of thiazole rings is 1. The van der Waals surface area contributed by atoms with Crippen LogP contribution < -0.4 is 5.32 Å². The summed E-state index contributed by atoms with van der Waals surface area (Å²) in [6.07, 6.45) is 8.78. The van der Waals surface area contributed by atoms with Crippen molar-refractivity contribution in [2.24, 2.45) is 23.2 Å². The number of hydrogen-bond donors (Lipinski definition) is 2. The fraction of sp³-hybridized carbons (Fsp3) is 0.607. The summed E-state index contributed by atoms with van der Waals surface area (Å²) in [5, 5.41) is 17.0. The van der Waals surface area contributed by atoms with Crippen LogP contribution >= 0.6 is 11.3 Å². The lowest BCUT2D eigenvalue weighted by atomic mass is 9.70. The Morgan fingerprint density at radius 2 is 1.88 bits per heavy atom. The summed E-state index contributed by atoms with van der Waals surface area (Å²) in [6.45, 7) is 15.7. The molecule has 5 nitrogen and oxygen atoms in total. The fourth-order valence-corrected chi connectivity index (χ4v) is 4.93. The van der Waals surface area contributed by atoms with Gasteiger partial charge in [-0.25, -0.2) is 4.98 Å². The van der Waals surface area contributed by atoms with Gasteiger partial charge in [0.2, 0.25) is 5.91 Å². The van der Waals surface area contributed by atoms with Crippen molar-refractivity contribution in [3.63, 3.8) is 0 Å². The lowest BCUT2D eigenvalue weighted by molar-refractivity contribution is -0.140. The number of hydrogen-bond acceptors (Lipinski definition) is 5. The molecule has 1 aromatic heterocycles. The molecule has 6 heteroatoms.